The standard InChI is InChI=1S/C61H37NO2/c1-6-18-52-44(12-1)45-13-2-7-19-53(45)61(52)54-20-8-3-14-46(54)49-17-11-21-55(60(49)61)62(42-30-24-38(25-31-42)40-28-34-58-50(36-40)47-15-4-9-22-56(47)63-58)43-32-26-39(27-33-43)41-29-35-59-51(37-41)48-16-5-10-23-57(48)64-59/h1-37H. The lowest BCUT2D eigenvalue weighted by Crippen LogP contribution is -2.28. The highest BCUT2D eigenvalue weighted by molar-refractivity contribution is 6.08. The van der Waals surface area contributed by atoms with Crippen molar-refractivity contribution in [1.82, 2.24) is 0 Å². The average molecular weight is 816 g/mol. The second kappa shape index (κ2) is 13.3. The van der Waals surface area contributed by atoms with E-state index in [-0.39, 0.29) is 0 Å². The van der Waals surface area contributed by atoms with E-state index in [0.29, 0.717) is 0 Å². The van der Waals surface area contributed by atoms with E-state index in [0.717, 1.165) is 83.2 Å². The van der Waals surface area contributed by atoms with E-state index in [1.807, 2.05) is 24.3 Å². The van der Waals surface area contributed by atoms with Gasteiger partial charge in [0.1, 0.15) is 22.3 Å². The van der Waals surface area contributed by atoms with Gasteiger partial charge in [-0.3, -0.25) is 0 Å². The van der Waals surface area contributed by atoms with Gasteiger partial charge in [0.25, 0.3) is 0 Å². The third-order valence-corrected chi connectivity index (χ3v) is 13.9. The lowest BCUT2D eigenvalue weighted by Gasteiger charge is -2.36. The maximum atomic E-state index is 6.19. The molecule has 2 aliphatic rings. The number of benzene rings is 10. The van der Waals surface area contributed by atoms with E-state index < -0.39 is 5.41 Å². The highest BCUT2D eigenvalue weighted by Gasteiger charge is 2.53. The molecule has 3 heteroatoms. The van der Waals surface area contributed by atoms with Crippen LogP contribution in [0.15, 0.2) is 233 Å². The SMILES string of the molecule is c1ccc2c(c1)-c1ccccc1C21c2ccccc2-c2cccc(N(c3ccc(-c4ccc5oc6ccccc6c5c4)cc3)c3ccc(-c4ccc5oc6ccccc6c5c4)cc3)c21. The van der Waals surface area contributed by atoms with E-state index in [1.54, 1.807) is 0 Å². The molecule has 12 aromatic rings. The largest absolute Gasteiger partial charge is 0.456 e. The van der Waals surface area contributed by atoms with E-state index in [9.17, 15) is 0 Å². The quantitative estimate of drug-likeness (QED) is 0.173. The molecule has 2 heterocycles. The fourth-order valence-corrected chi connectivity index (χ4v) is 11.2. The minimum atomic E-state index is -0.514. The number of fused-ring (bicyclic) bond motifs is 16. The van der Waals surface area contributed by atoms with E-state index in [1.165, 1.54) is 44.5 Å². The molecule has 0 amide bonds. The zero-order valence-electron chi connectivity index (χ0n) is 34.6. The Balaban J connectivity index is 0.969. The summed E-state index contributed by atoms with van der Waals surface area (Å²) in [5.74, 6) is 0. The Hall–Kier alpha value is -8.40. The summed E-state index contributed by atoms with van der Waals surface area (Å²) in [4.78, 5) is 2.48. The summed E-state index contributed by atoms with van der Waals surface area (Å²) in [6, 6.07) is 81.8. The fraction of sp³-hybridized carbons (Fsp3) is 0.0164. The second-order valence-corrected chi connectivity index (χ2v) is 17.1. The smallest absolute Gasteiger partial charge is 0.135 e. The second-order valence-electron chi connectivity index (χ2n) is 17.1. The third kappa shape index (κ3) is 4.86. The summed E-state index contributed by atoms with van der Waals surface area (Å²) in [6.07, 6.45) is 0. The summed E-state index contributed by atoms with van der Waals surface area (Å²) in [7, 11) is 0. The van der Waals surface area contributed by atoms with Crippen LogP contribution < -0.4 is 4.90 Å². The predicted molar refractivity (Wildman–Crippen MR) is 263 cm³/mol. The van der Waals surface area contributed by atoms with Crippen LogP contribution in [0.2, 0.25) is 0 Å². The van der Waals surface area contributed by atoms with Gasteiger partial charge in [-0.25, -0.2) is 0 Å². The maximum absolute atomic E-state index is 6.19. The zero-order valence-corrected chi connectivity index (χ0v) is 34.6. The van der Waals surface area contributed by atoms with Gasteiger partial charge in [0.15, 0.2) is 0 Å². The van der Waals surface area contributed by atoms with Crippen LogP contribution in [-0.2, 0) is 5.41 Å². The molecule has 3 nitrogen and oxygen atoms in total. The Morgan fingerprint density at radius 2 is 0.688 bits per heavy atom. The molecule has 0 aliphatic heterocycles. The van der Waals surface area contributed by atoms with Crippen molar-refractivity contribution in [3.05, 3.63) is 247 Å². The first-order chi connectivity index (χ1) is 31.7. The number of rotatable bonds is 5. The van der Waals surface area contributed by atoms with Crippen molar-refractivity contribution in [2.45, 2.75) is 5.41 Å². The normalized spacial score (nSPS) is 13.1. The lowest BCUT2D eigenvalue weighted by atomic mass is 9.70. The van der Waals surface area contributed by atoms with Crippen LogP contribution in [0.25, 0.3) is 88.4 Å². The van der Waals surface area contributed by atoms with E-state index in [2.05, 4.69) is 205 Å². The number of hydrogen-bond acceptors (Lipinski definition) is 3. The Morgan fingerprint density at radius 1 is 0.297 bits per heavy atom. The summed E-state index contributed by atoms with van der Waals surface area (Å²) < 4.78 is 12.4. The van der Waals surface area contributed by atoms with Gasteiger partial charge in [0.05, 0.1) is 11.1 Å². The van der Waals surface area contributed by atoms with Crippen molar-refractivity contribution in [3.63, 3.8) is 0 Å². The van der Waals surface area contributed by atoms with Gasteiger partial charge in [-0.05, 0) is 128 Å². The van der Waals surface area contributed by atoms with Crippen LogP contribution in [0.1, 0.15) is 22.3 Å². The first kappa shape index (κ1) is 35.2. The fourth-order valence-electron chi connectivity index (χ4n) is 11.2. The Kier molecular flexibility index (Phi) is 7.32. The monoisotopic (exact) mass is 815 g/mol. The van der Waals surface area contributed by atoms with E-state index in [4.69, 9.17) is 8.83 Å². The molecule has 1 spiro atoms. The number of hydrogen-bond donors (Lipinski definition) is 0. The first-order valence-electron chi connectivity index (χ1n) is 22.0. The zero-order chi connectivity index (χ0) is 41.9. The summed E-state index contributed by atoms with van der Waals surface area (Å²) in [5.41, 5.74) is 21.4. The third-order valence-electron chi connectivity index (χ3n) is 13.9. The van der Waals surface area contributed by atoms with Crippen molar-refractivity contribution in [2.75, 3.05) is 4.90 Å². The Labute approximate surface area is 369 Å². The number of furan rings is 2. The predicted octanol–water partition coefficient (Wildman–Crippen LogP) is 16.6. The van der Waals surface area contributed by atoms with Crippen LogP contribution in [0.5, 0.6) is 0 Å². The highest BCUT2D eigenvalue weighted by atomic mass is 16.3. The highest BCUT2D eigenvalue weighted by Crippen LogP contribution is 2.65. The molecule has 2 aromatic heterocycles. The molecule has 0 bridgehead atoms. The molecular weight excluding hydrogens is 779 g/mol. The molecule has 298 valence electrons. The lowest BCUT2D eigenvalue weighted by molar-refractivity contribution is 0.668. The molecule has 0 N–H and O–H groups in total. The average Bonchev–Trinajstić information content (AvgIpc) is 4.10. The van der Waals surface area contributed by atoms with E-state index >= 15 is 0 Å². The van der Waals surface area contributed by atoms with Crippen molar-refractivity contribution >= 4 is 60.9 Å². The summed E-state index contributed by atoms with van der Waals surface area (Å²) in [5, 5.41) is 4.51. The topological polar surface area (TPSA) is 29.5 Å². The van der Waals surface area contributed by atoms with Gasteiger partial charge in [-0.2, -0.15) is 0 Å². The molecule has 0 saturated carbocycles. The summed E-state index contributed by atoms with van der Waals surface area (Å²) in [6.45, 7) is 0. The van der Waals surface area contributed by atoms with Gasteiger partial charge in [-0.1, -0.05) is 158 Å². The minimum Gasteiger partial charge on any atom is -0.456 e. The molecule has 0 fully saturated rings. The van der Waals surface area contributed by atoms with Gasteiger partial charge in [0.2, 0.25) is 0 Å². The van der Waals surface area contributed by atoms with Crippen molar-refractivity contribution < 1.29 is 8.83 Å². The molecule has 64 heavy (non-hydrogen) atoms. The Bertz CT molecular complexity index is 3630. The first-order valence-corrected chi connectivity index (χ1v) is 22.0. The molecule has 14 rings (SSSR count). The van der Waals surface area contributed by atoms with Crippen molar-refractivity contribution in [1.29, 1.82) is 0 Å². The molecule has 0 unspecified atom stereocenters. The van der Waals surface area contributed by atoms with Gasteiger partial charge < -0.3 is 13.7 Å². The van der Waals surface area contributed by atoms with Crippen LogP contribution in [0.3, 0.4) is 0 Å². The Morgan fingerprint density at radius 3 is 1.19 bits per heavy atom. The number of anilines is 3. The molecule has 0 radical (unpaired) electrons. The number of para-hydroxylation sites is 2. The molecule has 0 atom stereocenters. The minimum absolute atomic E-state index is 0.514. The van der Waals surface area contributed by atoms with Crippen LogP contribution in [-0.4, -0.2) is 0 Å². The molecule has 10 aromatic carbocycles. The van der Waals surface area contributed by atoms with Crippen molar-refractivity contribution in [2.24, 2.45) is 0 Å². The molecular formula is C61H37NO2. The van der Waals surface area contributed by atoms with Crippen molar-refractivity contribution in [3.8, 4) is 44.5 Å². The molecule has 2 aliphatic carbocycles. The van der Waals surface area contributed by atoms with Gasteiger partial charge >= 0.3 is 0 Å². The maximum Gasteiger partial charge on any atom is 0.135 e. The summed E-state index contributed by atoms with van der Waals surface area (Å²) >= 11 is 0. The van der Waals surface area contributed by atoms with Gasteiger partial charge in [0, 0.05) is 38.5 Å². The molecule has 0 saturated heterocycles. The van der Waals surface area contributed by atoms with Crippen LogP contribution in [0.4, 0.5) is 17.1 Å². The van der Waals surface area contributed by atoms with Gasteiger partial charge in [-0.15, -0.1) is 0 Å². The van der Waals surface area contributed by atoms with Crippen LogP contribution in [0, 0.1) is 0 Å². The number of nitrogens with zero attached hydrogens (tertiary/aromatic N) is 1. The van der Waals surface area contributed by atoms with Crippen LogP contribution >= 0.6 is 0 Å².